The molecule has 0 spiro atoms. The normalized spacial score (nSPS) is 20.1. The third kappa shape index (κ3) is 3.28. The Kier molecular flexibility index (Phi) is 5.09. The second kappa shape index (κ2) is 8.28. The van der Waals surface area contributed by atoms with Gasteiger partial charge >= 0.3 is 0 Å². The van der Waals surface area contributed by atoms with Crippen LogP contribution >= 0.6 is 0 Å². The number of fused-ring (bicyclic) bond motifs is 3. The van der Waals surface area contributed by atoms with Crippen LogP contribution in [0, 0.1) is 0 Å². The third-order valence-corrected chi connectivity index (χ3v) is 7.36. The summed E-state index contributed by atoms with van der Waals surface area (Å²) in [6, 6.07) is 18.0. The summed E-state index contributed by atoms with van der Waals surface area (Å²) in [6.07, 6.45) is 6.84. The second-order valence-corrected chi connectivity index (χ2v) is 9.19. The van der Waals surface area contributed by atoms with Crippen LogP contribution in [0.25, 0.3) is 22.2 Å². The number of benzene rings is 2. The molecule has 0 radical (unpaired) electrons. The van der Waals surface area contributed by atoms with E-state index in [1.807, 2.05) is 48.9 Å². The lowest BCUT2D eigenvalue weighted by atomic mass is 9.86. The molecule has 0 bridgehead atoms. The number of aliphatic hydroxyl groups excluding tert-OH is 1. The number of likely N-dealkylation sites (tertiary alicyclic amines) is 1. The van der Waals surface area contributed by atoms with Gasteiger partial charge in [-0.1, -0.05) is 60.7 Å². The molecular weight excluding hydrogens is 420 g/mol. The predicted octanol–water partition coefficient (Wildman–Crippen LogP) is 5.18. The molecule has 3 heterocycles. The van der Waals surface area contributed by atoms with Gasteiger partial charge in [0, 0.05) is 48.3 Å². The van der Waals surface area contributed by atoms with Crippen molar-refractivity contribution in [2.45, 2.75) is 25.0 Å². The van der Waals surface area contributed by atoms with Gasteiger partial charge in [0.1, 0.15) is 0 Å². The zero-order valence-corrected chi connectivity index (χ0v) is 19.0. The molecule has 1 aliphatic heterocycles. The minimum Gasteiger partial charge on any atom is -0.386 e. The maximum absolute atomic E-state index is 11.1. The fourth-order valence-corrected chi connectivity index (χ4v) is 5.55. The van der Waals surface area contributed by atoms with Crippen molar-refractivity contribution in [1.29, 1.82) is 0 Å². The first kappa shape index (κ1) is 20.9. The fraction of sp³-hybridized carbons (Fsp3) is 0.207. The van der Waals surface area contributed by atoms with Crippen LogP contribution in [0.15, 0.2) is 85.3 Å². The Morgan fingerprint density at radius 1 is 0.971 bits per heavy atom. The molecule has 6 rings (SSSR count). The molecule has 170 valence electrons. The molecule has 34 heavy (non-hydrogen) atoms. The fourth-order valence-electron chi connectivity index (χ4n) is 5.55. The molecule has 1 aliphatic carbocycles. The first-order valence-corrected chi connectivity index (χ1v) is 11.8. The molecule has 5 heteroatoms. The SMILES string of the molecule is C=C(c1cncc2cc[nH]c12)N1CCC(=C2c3ccccc3C(N)C(O)c3ccccc32)CC1. The van der Waals surface area contributed by atoms with E-state index in [1.54, 1.807) is 0 Å². The van der Waals surface area contributed by atoms with Crippen molar-refractivity contribution in [3.8, 4) is 0 Å². The molecule has 1 fully saturated rings. The Morgan fingerprint density at radius 2 is 1.65 bits per heavy atom. The van der Waals surface area contributed by atoms with Crippen molar-refractivity contribution in [2.24, 2.45) is 5.73 Å². The van der Waals surface area contributed by atoms with Crippen LogP contribution in [-0.2, 0) is 0 Å². The molecule has 4 aromatic rings. The standard InChI is InChI=1S/C29H28N4O/c1-18(25-17-31-16-20-10-13-32-28(20)25)33-14-11-19(12-15-33)26-21-6-2-4-8-23(21)27(30)29(34)24-9-5-3-7-22(24)26/h2-10,13,16-17,27,29,32,34H,1,11-12,14-15,30H2. The van der Waals surface area contributed by atoms with Crippen LogP contribution in [0.4, 0.5) is 0 Å². The maximum atomic E-state index is 11.1. The largest absolute Gasteiger partial charge is 0.386 e. The number of rotatable bonds is 2. The molecule has 2 aromatic carbocycles. The van der Waals surface area contributed by atoms with Gasteiger partial charge in [-0.25, -0.2) is 0 Å². The van der Waals surface area contributed by atoms with E-state index in [9.17, 15) is 5.11 Å². The average molecular weight is 449 g/mol. The van der Waals surface area contributed by atoms with E-state index in [0.29, 0.717) is 0 Å². The monoisotopic (exact) mass is 448 g/mol. The van der Waals surface area contributed by atoms with E-state index in [-0.39, 0.29) is 0 Å². The third-order valence-electron chi connectivity index (χ3n) is 7.36. The van der Waals surface area contributed by atoms with Gasteiger partial charge in [-0.2, -0.15) is 0 Å². The number of aromatic amines is 1. The molecule has 4 N–H and O–H groups in total. The molecule has 0 amide bonds. The summed E-state index contributed by atoms with van der Waals surface area (Å²) in [5, 5.41) is 12.2. The van der Waals surface area contributed by atoms with Crippen LogP contribution in [0.3, 0.4) is 0 Å². The second-order valence-electron chi connectivity index (χ2n) is 9.19. The molecule has 1 saturated heterocycles. The lowest BCUT2D eigenvalue weighted by Crippen LogP contribution is -2.29. The van der Waals surface area contributed by atoms with Crippen molar-refractivity contribution >= 4 is 22.2 Å². The van der Waals surface area contributed by atoms with Gasteiger partial charge in [0.2, 0.25) is 0 Å². The number of aromatic nitrogens is 2. The Labute approximate surface area is 199 Å². The van der Waals surface area contributed by atoms with E-state index in [2.05, 4.69) is 45.7 Å². The van der Waals surface area contributed by atoms with E-state index in [0.717, 1.165) is 70.3 Å². The molecular formula is C29H28N4O. The van der Waals surface area contributed by atoms with Gasteiger partial charge in [0.25, 0.3) is 0 Å². The zero-order chi connectivity index (χ0) is 23.2. The topological polar surface area (TPSA) is 78.2 Å². The maximum Gasteiger partial charge on any atom is 0.0988 e. The average Bonchev–Trinajstić information content (AvgIpc) is 3.35. The highest BCUT2D eigenvalue weighted by molar-refractivity contribution is 5.90. The van der Waals surface area contributed by atoms with E-state index in [4.69, 9.17) is 5.73 Å². The first-order valence-electron chi connectivity index (χ1n) is 11.8. The van der Waals surface area contributed by atoms with Crippen molar-refractivity contribution < 1.29 is 5.11 Å². The number of hydrogen-bond acceptors (Lipinski definition) is 4. The number of aliphatic hydroxyl groups is 1. The highest BCUT2D eigenvalue weighted by atomic mass is 16.3. The zero-order valence-electron chi connectivity index (χ0n) is 19.0. The highest BCUT2D eigenvalue weighted by Crippen LogP contribution is 2.44. The van der Waals surface area contributed by atoms with Crippen LogP contribution < -0.4 is 5.73 Å². The minimum atomic E-state index is -0.732. The molecule has 2 unspecified atom stereocenters. The first-order chi connectivity index (χ1) is 16.6. The quantitative estimate of drug-likeness (QED) is 0.395. The van der Waals surface area contributed by atoms with Crippen LogP contribution in [-0.4, -0.2) is 33.1 Å². The molecule has 2 aromatic heterocycles. The molecule has 2 atom stereocenters. The van der Waals surface area contributed by atoms with Crippen LogP contribution in [0.5, 0.6) is 0 Å². The summed E-state index contributed by atoms with van der Waals surface area (Å²) >= 11 is 0. The number of pyridine rings is 1. The number of piperidine rings is 1. The van der Waals surface area contributed by atoms with E-state index in [1.165, 1.54) is 11.1 Å². The Balaban J connectivity index is 1.38. The lowest BCUT2D eigenvalue weighted by molar-refractivity contribution is 0.147. The van der Waals surface area contributed by atoms with Gasteiger partial charge < -0.3 is 20.7 Å². The number of nitrogens with zero attached hydrogens (tertiary/aromatic N) is 2. The van der Waals surface area contributed by atoms with Crippen molar-refractivity contribution in [3.05, 3.63) is 113 Å². The van der Waals surface area contributed by atoms with E-state index < -0.39 is 12.1 Å². The lowest BCUT2D eigenvalue weighted by Gasteiger charge is -2.33. The Bertz CT molecular complexity index is 1370. The summed E-state index contributed by atoms with van der Waals surface area (Å²) in [7, 11) is 0. The predicted molar refractivity (Wildman–Crippen MR) is 137 cm³/mol. The summed E-state index contributed by atoms with van der Waals surface area (Å²) in [5.41, 5.74) is 16.5. The molecule has 0 saturated carbocycles. The summed E-state index contributed by atoms with van der Waals surface area (Å²) in [4.78, 5) is 10.1. The Hall–Kier alpha value is -3.67. The summed E-state index contributed by atoms with van der Waals surface area (Å²) in [5.74, 6) is 0. The van der Waals surface area contributed by atoms with Crippen LogP contribution in [0.2, 0.25) is 0 Å². The number of nitrogens with two attached hydrogens (primary N) is 1. The molecule has 2 aliphatic rings. The minimum absolute atomic E-state index is 0.455. The number of hydrogen-bond donors (Lipinski definition) is 3. The highest BCUT2D eigenvalue weighted by Gasteiger charge is 2.31. The summed E-state index contributed by atoms with van der Waals surface area (Å²) in [6.45, 7) is 6.19. The van der Waals surface area contributed by atoms with Gasteiger partial charge in [-0.05, 0) is 46.7 Å². The van der Waals surface area contributed by atoms with Gasteiger partial charge in [0.05, 0.1) is 17.7 Å². The van der Waals surface area contributed by atoms with Gasteiger partial charge in [-0.15, -0.1) is 0 Å². The van der Waals surface area contributed by atoms with Crippen molar-refractivity contribution in [1.82, 2.24) is 14.9 Å². The Morgan fingerprint density at radius 3 is 2.41 bits per heavy atom. The molecule has 5 nitrogen and oxygen atoms in total. The number of nitrogens with one attached hydrogen (secondary N) is 1. The van der Waals surface area contributed by atoms with Crippen molar-refractivity contribution in [3.63, 3.8) is 0 Å². The van der Waals surface area contributed by atoms with Crippen LogP contribution in [0.1, 0.15) is 52.8 Å². The smallest absolute Gasteiger partial charge is 0.0988 e. The van der Waals surface area contributed by atoms with Gasteiger partial charge in [0.15, 0.2) is 0 Å². The van der Waals surface area contributed by atoms with E-state index >= 15 is 0 Å². The van der Waals surface area contributed by atoms with Crippen molar-refractivity contribution in [2.75, 3.05) is 13.1 Å². The summed E-state index contributed by atoms with van der Waals surface area (Å²) < 4.78 is 0. The number of H-pyrrole nitrogens is 1. The van der Waals surface area contributed by atoms with Gasteiger partial charge in [-0.3, -0.25) is 4.98 Å².